The lowest BCUT2D eigenvalue weighted by molar-refractivity contribution is -0.139. The highest BCUT2D eigenvalue weighted by Gasteiger charge is 2.30. The lowest BCUT2D eigenvalue weighted by atomic mass is 9.95. The number of hydrogen-bond acceptors (Lipinski definition) is 3. The molecule has 1 aliphatic heterocycles. The maximum atomic E-state index is 12.2. The molecule has 2 N–H and O–H groups in total. The average molecular weight is 290 g/mol. The van der Waals surface area contributed by atoms with Gasteiger partial charge in [-0.1, -0.05) is 29.8 Å². The number of aryl methyl sites for hydroxylation is 1. The molecule has 0 saturated heterocycles. The fourth-order valence-corrected chi connectivity index (χ4v) is 2.45. The highest BCUT2D eigenvalue weighted by atomic mass is 32.1. The van der Waals surface area contributed by atoms with E-state index in [4.69, 9.17) is 17.0 Å². The summed E-state index contributed by atoms with van der Waals surface area (Å²) in [5, 5.41) is 6.63. The zero-order chi connectivity index (χ0) is 14.7. The van der Waals surface area contributed by atoms with Gasteiger partial charge in [-0.3, -0.25) is 0 Å². The van der Waals surface area contributed by atoms with Crippen LogP contribution < -0.4 is 10.6 Å². The van der Waals surface area contributed by atoms with Crippen molar-refractivity contribution in [3.05, 3.63) is 46.7 Å². The molecule has 1 heterocycles. The highest BCUT2D eigenvalue weighted by Crippen LogP contribution is 2.27. The van der Waals surface area contributed by atoms with Crippen LogP contribution in [-0.4, -0.2) is 17.7 Å². The van der Waals surface area contributed by atoms with Crippen LogP contribution in [0.15, 0.2) is 35.5 Å². The molecule has 5 heteroatoms. The van der Waals surface area contributed by atoms with Gasteiger partial charge in [0, 0.05) is 5.70 Å². The van der Waals surface area contributed by atoms with Crippen molar-refractivity contribution in [2.24, 2.45) is 0 Å². The van der Waals surface area contributed by atoms with Crippen LogP contribution in [0.1, 0.15) is 31.0 Å². The lowest BCUT2D eigenvalue weighted by Gasteiger charge is -2.29. The molecule has 0 amide bonds. The predicted molar refractivity (Wildman–Crippen MR) is 82.1 cm³/mol. The van der Waals surface area contributed by atoms with Crippen molar-refractivity contribution >= 4 is 23.3 Å². The molecule has 0 radical (unpaired) electrons. The Kier molecular flexibility index (Phi) is 4.39. The van der Waals surface area contributed by atoms with Gasteiger partial charge in [0.1, 0.15) is 0 Å². The van der Waals surface area contributed by atoms with Crippen molar-refractivity contribution in [1.82, 2.24) is 10.6 Å². The van der Waals surface area contributed by atoms with Crippen LogP contribution >= 0.6 is 12.2 Å². The standard InChI is InChI=1S/C15H18N2O2S/c1-4-19-14(18)12-10(3)16-15(20)17-13(12)11-7-5-9(2)6-8-11/h5-8,13H,4H2,1-3H3,(H2,16,17,20)/t13-/m1/s1. The third kappa shape index (κ3) is 2.99. The molecule has 0 bridgehead atoms. The van der Waals surface area contributed by atoms with Crippen molar-refractivity contribution in [1.29, 1.82) is 0 Å². The molecule has 0 unspecified atom stereocenters. The Balaban J connectivity index is 2.41. The van der Waals surface area contributed by atoms with E-state index < -0.39 is 0 Å². The monoisotopic (exact) mass is 290 g/mol. The van der Waals surface area contributed by atoms with Gasteiger partial charge >= 0.3 is 5.97 Å². The van der Waals surface area contributed by atoms with Crippen LogP contribution in [0.2, 0.25) is 0 Å². The Bertz CT molecular complexity index is 564. The number of nitrogens with one attached hydrogen (secondary N) is 2. The van der Waals surface area contributed by atoms with Gasteiger partial charge < -0.3 is 15.4 Å². The van der Waals surface area contributed by atoms with Crippen LogP contribution in [0.4, 0.5) is 0 Å². The molecule has 1 atom stereocenters. The predicted octanol–water partition coefficient (Wildman–Crippen LogP) is 2.35. The molecular weight excluding hydrogens is 272 g/mol. The Morgan fingerprint density at radius 1 is 1.30 bits per heavy atom. The number of ether oxygens (including phenoxy) is 1. The number of esters is 1. The molecule has 2 rings (SSSR count). The number of rotatable bonds is 3. The number of thiocarbonyl (C=S) groups is 1. The largest absolute Gasteiger partial charge is 0.463 e. The summed E-state index contributed by atoms with van der Waals surface area (Å²) in [5.74, 6) is -0.321. The molecule has 1 aromatic carbocycles. The van der Waals surface area contributed by atoms with E-state index in [9.17, 15) is 4.79 Å². The Morgan fingerprint density at radius 3 is 2.55 bits per heavy atom. The average Bonchev–Trinajstić information content (AvgIpc) is 2.38. The fraction of sp³-hybridized carbons (Fsp3) is 0.333. The zero-order valence-corrected chi connectivity index (χ0v) is 12.6. The Morgan fingerprint density at radius 2 is 1.95 bits per heavy atom. The van der Waals surface area contributed by atoms with E-state index in [-0.39, 0.29) is 12.0 Å². The number of carbonyl (C=O) groups is 1. The summed E-state index contributed by atoms with van der Waals surface area (Å²) in [7, 11) is 0. The van der Waals surface area contributed by atoms with E-state index in [1.165, 1.54) is 5.56 Å². The van der Waals surface area contributed by atoms with E-state index >= 15 is 0 Å². The van der Waals surface area contributed by atoms with Crippen molar-refractivity contribution in [3.8, 4) is 0 Å². The third-order valence-corrected chi connectivity index (χ3v) is 3.40. The van der Waals surface area contributed by atoms with Gasteiger partial charge in [-0.15, -0.1) is 0 Å². The minimum Gasteiger partial charge on any atom is -0.463 e. The van der Waals surface area contributed by atoms with E-state index in [1.54, 1.807) is 6.92 Å². The highest BCUT2D eigenvalue weighted by molar-refractivity contribution is 7.80. The second-order valence-electron chi connectivity index (χ2n) is 4.70. The van der Waals surface area contributed by atoms with Crippen LogP contribution in [0.25, 0.3) is 0 Å². The second-order valence-corrected chi connectivity index (χ2v) is 5.11. The summed E-state index contributed by atoms with van der Waals surface area (Å²) in [4.78, 5) is 12.2. The first-order valence-corrected chi connectivity index (χ1v) is 6.95. The summed E-state index contributed by atoms with van der Waals surface area (Å²) >= 11 is 5.18. The van der Waals surface area contributed by atoms with Gasteiger partial charge in [0.2, 0.25) is 0 Å². The molecule has 20 heavy (non-hydrogen) atoms. The fourth-order valence-electron chi connectivity index (χ4n) is 2.18. The van der Waals surface area contributed by atoms with Crippen LogP contribution in [0.3, 0.4) is 0 Å². The number of hydrogen-bond donors (Lipinski definition) is 2. The number of carbonyl (C=O) groups excluding carboxylic acids is 1. The van der Waals surface area contributed by atoms with Crippen molar-refractivity contribution < 1.29 is 9.53 Å². The van der Waals surface area contributed by atoms with Crippen molar-refractivity contribution in [2.45, 2.75) is 26.8 Å². The molecule has 0 fully saturated rings. The van der Waals surface area contributed by atoms with E-state index in [2.05, 4.69) is 10.6 Å². The first-order valence-electron chi connectivity index (χ1n) is 6.55. The topological polar surface area (TPSA) is 50.4 Å². The van der Waals surface area contributed by atoms with Crippen molar-refractivity contribution in [2.75, 3.05) is 6.61 Å². The minimum absolute atomic E-state index is 0.275. The summed E-state index contributed by atoms with van der Waals surface area (Å²) in [5.41, 5.74) is 3.47. The van der Waals surface area contributed by atoms with Gasteiger partial charge in [0.15, 0.2) is 5.11 Å². The number of allylic oxidation sites excluding steroid dienone is 1. The van der Waals surface area contributed by atoms with E-state index in [1.807, 2.05) is 38.1 Å². The van der Waals surface area contributed by atoms with Gasteiger partial charge in [0.05, 0.1) is 18.2 Å². The second kappa shape index (κ2) is 6.05. The third-order valence-electron chi connectivity index (χ3n) is 3.18. The lowest BCUT2D eigenvalue weighted by Crippen LogP contribution is -2.45. The molecular formula is C15H18N2O2S. The summed E-state index contributed by atoms with van der Waals surface area (Å²) < 4.78 is 5.14. The Hall–Kier alpha value is -1.88. The molecule has 0 aromatic heterocycles. The maximum Gasteiger partial charge on any atom is 0.338 e. The van der Waals surface area contributed by atoms with Crippen LogP contribution in [0, 0.1) is 6.92 Å². The molecule has 106 valence electrons. The zero-order valence-electron chi connectivity index (χ0n) is 11.8. The first-order chi connectivity index (χ1) is 9.52. The smallest absolute Gasteiger partial charge is 0.338 e. The molecule has 0 saturated carbocycles. The van der Waals surface area contributed by atoms with Gasteiger partial charge in [0.25, 0.3) is 0 Å². The quantitative estimate of drug-likeness (QED) is 0.661. The van der Waals surface area contributed by atoms with Gasteiger partial charge in [-0.05, 0) is 38.6 Å². The van der Waals surface area contributed by atoms with E-state index in [0.717, 1.165) is 11.3 Å². The van der Waals surface area contributed by atoms with E-state index in [0.29, 0.717) is 17.3 Å². The summed E-state index contributed by atoms with van der Waals surface area (Å²) in [6.07, 6.45) is 0. The normalized spacial score (nSPS) is 18.4. The summed E-state index contributed by atoms with van der Waals surface area (Å²) in [6.45, 7) is 6.00. The molecule has 4 nitrogen and oxygen atoms in total. The molecule has 1 aliphatic rings. The van der Waals surface area contributed by atoms with Crippen molar-refractivity contribution in [3.63, 3.8) is 0 Å². The SMILES string of the molecule is CCOC(=O)C1=C(C)NC(=S)N[C@@H]1c1ccc(C)cc1. The number of benzene rings is 1. The Labute approximate surface area is 124 Å². The van der Waals surface area contributed by atoms with Gasteiger partial charge in [-0.25, -0.2) is 4.79 Å². The first kappa shape index (κ1) is 14.5. The molecule has 0 spiro atoms. The summed E-state index contributed by atoms with van der Waals surface area (Å²) in [6, 6.07) is 7.74. The van der Waals surface area contributed by atoms with Crippen LogP contribution in [0.5, 0.6) is 0 Å². The molecule has 1 aromatic rings. The van der Waals surface area contributed by atoms with Gasteiger partial charge in [-0.2, -0.15) is 0 Å². The maximum absolute atomic E-state index is 12.2. The minimum atomic E-state index is -0.321. The molecule has 0 aliphatic carbocycles. The van der Waals surface area contributed by atoms with Crippen LogP contribution in [-0.2, 0) is 9.53 Å².